The molecule has 5 nitrogen and oxygen atoms in total. The van der Waals surface area contributed by atoms with Crippen molar-refractivity contribution in [3.8, 4) is 5.75 Å². The Morgan fingerprint density at radius 1 is 1.07 bits per heavy atom. The maximum absolute atomic E-state index is 6.21. The first-order valence-electron chi connectivity index (χ1n) is 8.84. The fourth-order valence-electron chi connectivity index (χ4n) is 2.80. The summed E-state index contributed by atoms with van der Waals surface area (Å²) in [6.07, 6.45) is 0. The molecule has 0 fully saturated rings. The van der Waals surface area contributed by atoms with E-state index >= 15 is 0 Å². The van der Waals surface area contributed by atoms with E-state index in [-0.39, 0.29) is 0 Å². The Balaban J connectivity index is 1.83. The van der Waals surface area contributed by atoms with E-state index < -0.39 is 0 Å². The van der Waals surface area contributed by atoms with E-state index in [0.717, 1.165) is 30.3 Å². The molecule has 0 aliphatic carbocycles. The van der Waals surface area contributed by atoms with Crippen molar-refractivity contribution in [2.75, 3.05) is 23.9 Å². The summed E-state index contributed by atoms with van der Waals surface area (Å²) < 4.78 is 5.19. The number of rotatable bonds is 7. The van der Waals surface area contributed by atoms with Gasteiger partial charge in [-0.2, -0.15) is 4.98 Å². The second kappa shape index (κ2) is 8.73. The van der Waals surface area contributed by atoms with Crippen molar-refractivity contribution >= 4 is 29.1 Å². The van der Waals surface area contributed by atoms with Crippen LogP contribution in [0.15, 0.2) is 54.6 Å². The molecule has 0 aliphatic heterocycles. The zero-order chi connectivity index (χ0) is 19.2. The quantitative estimate of drug-likeness (QED) is 0.607. The molecule has 6 heteroatoms. The summed E-state index contributed by atoms with van der Waals surface area (Å²) in [6, 6.07) is 17.9. The minimum atomic E-state index is 0.537. The van der Waals surface area contributed by atoms with Crippen molar-refractivity contribution in [1.82, 2.24) is 9.97 Å². The molecule has 2 aromatic carbocycles. The molecule has 0 radical (unpaired) electrons. The molecule has 3 aromatic rings. The van der Waals surface area contributed by atoms with E-state index in [1.165, 1.54) is 5.56 Å². The number of aromatic nitrogens is 2. The van der Waals surface area contributed by atoms with Crippen molar-refractivity contribution in [1.29, 1.82) is 0 Å². The number of aryl methyl sites for hydroxylation is 1. The second-order valence-corrected chi connectivity index (χ2v) is 6.57. The number of ether oxygens (including phenoxy) is 1. The summed E-state index contributed by atoms with van der Waals surface area (Å²) >= 11 is 6.21. The summed E-state index contributed by atoms with van der Waals surface area (Å²) in [5.41, 5.74) is 2.95. The lowest BCUT2D eigenvalue weighted by Gasteiger charge is -2.23. The van der Waals surface area contributed by atoms with Gasteiger partial charge in [0.2, 0.25) is 5.95 Å². The van der Waals surface area contributed by atoms with Crippen molar-refractivity contribution < 1.29 is 4.74 Å². The zero-order valence-electron chi connectivity index (χ0n) is 15.7. The highest BCUT2D eigenvalue weighted by molar-refractivity contribution is 6.32. The zero-order valence-corrected chi connectivity index (χ0v) is 16.5. The summed E-state index contributed by atoms with van der Waals surface area (Å²) in [7, 11) is 1.59. The number of halogens is 1. The summed E-state index contributed by atoms with van der Waals surface area (Å²) in [6.45, 7) is 5.73. The van der Waals surface area contributed by atoms with Crippen LogP contribution in [0.1, 0.15) is 18.2 Å². The van der Waals surface area contributed by atoms with Crippen LogP contribution >= 0.6 is 11.6 Å². The Morgan fingerprint density at radius 2 is 1.85 bits per heavy atom. The smallest absolute Gasteiger partial charge is 0.229 e. The van der Waals surface area contributed by atoms with E-state index in [4.69, 9.17) is 21.3 Å². The van der Waals surface area contributed by atoms with E-state index in [9.17, 15) is 0 Å². The Bertz CT molecular complexity index is 902. The molecule has 1 N–H and O–H groups in total. The number of hydrogen-bond acceptors (Lipinski definition) is 5. The van der Waals surface area contributed by atoms with Gasteiger partial charge < -0.3 is 15.0 Å². The maximum atomic E-state index is 6.21. The number of anilines is 3. The van der Waals surface area contributed by atoms with Gasteiger partial charge in [0, 0.05) is 30.5 Å². The molecule has 0 saturated heterocycles. The van der Waals surface area contributed by atoms with Crippen molar-refractivity contribution in [3.63, 3.8) is 0 Å². The normalized spacial score (nSPS) is 10.5. The van der Waals surface area contributed by atoms with Crippen LogP contribution in [-0.4, -0.2) is 23.6 Å². The van der Waals surface area contributed by atoms with Gasteiger partial charge in [0.25, 0.3) is 0 Å². The Kier molecular flexibility index (Phi) is 6.14. The number of nitrogens with zero attached hydrogens (tertiary/aromatic N) is 3. The molecular weight excluding hydrogens is 360 g/mol. The highest BCUT2D eigenvalue weighted by Gasteiger charge is 2.11. The third kappa shape index (κ3) is 4.89. The van der Waals surface area contributed by atoms with E-state index in [2.05, 4.69) is 46.4 Å². The summed E-state index contributed by atoms with van der Waals surface area (Å²) in [5.74, 6) is 2.06. The standard InChI is InChI=1S/C21H23ClN4O/c1-4-26(14-16-8-6-5-7-9-16)20-12-15(2)23-21(25-20)24-17-10-11-19(27-3)18(22)13-17/h5-13H,4,14H2,1-3H3,(H,23,24,25). The first-order chi connectivity index (χ1) is 13.1. The van der Waals surface area contributed by atoms with Gasteiger partial charge in [0.05, 0.1) is 12.1 Å². The number of methoxy groups -OCH3 is 1. The van der Waals surface area contributed by atoms with Crippen LogP contribution in [0.2, 0.25) is 5.02 Å². The lowest BCUT2D eigenvalue weighted by atomic mass is 10.2. The first-order valence-corrected chi connectivity index (χ1v) is 9.22. The fourth-order valence-corrected chi connectivity index (χ4v) is 3.06. The Hall–Kier alpha value is -2.79. The predicted octanol–water partition coefficient (Wildman–Crippen LogP) is 5.22. The molecular formula is C21H23ClN4O. The molecule has 0 unspecified atom stereocenters. The van der Waals surface area contributed by atoms with Crippen LogP contribution in [-0.2, 0) is 6.54 Å². The molecule has 3 rings (SSSR count). The molecule has 140 valence electrons. The molecule has 0 spiro atoms. The molecule has 27 heavy (non-hydrogen) atoms. The highest BCUT2D eigenvalue weighted by atomic mass is 35.5. The molecule has 1 heterocycles. The van der Waals surface area contributed by atoms with Crippen LogP contribution in [0.4, 0.5) is 17.5 Å². The van der Waals surface area contributed by atoms with Crippen LogP contribution in [0, 0.1) is 6.92 Å². The lowest BCUT2D eigenvalue weighted by molar-refractivity contribution is 0.415. The van der Waals surface area contributed by atoms with E-state index in [1.807, 2.05) is 31.2 Å². The fraction of sp³-hybridized carbons (Fsp3) is 0.238. The number of hydrogen-bond donors (Lipinski definition) is 1. The Labute approximate surface area is 165 Å². The highest BCUT2D eigenvalue weighted by Crippen LogP contribution is 2.28. The van der Waals surface area contributed by atoms with Crippen molar-refractivity contribution in [2.45, 2.75) is 20.4 Å². The largest absolute Gasteiger partial charge is 0.495 e. The SMILES string of the molecule is CCN(Cc1ccccc1)c1cc(C)nc(Nc2ccc(OC)c(Cl)c2)n1. The van der Waals surface area contributed by atoms with Crippen LogP contribution in [0.3, 0.4) is 0 Å². The first kappa shape index (κ1) is 19.0. The Morgan fingerprint density at radius 3 is 2.52 bits per heavy atom. The third-order valence-electron chi connectivity index (χ3n) is 4.17. The van der Waals surface area contributed by atoms with Crippen LogP contribution < -0.4 is 15.0 Å². The molecule has 0 amide bonds. The second-order valence-electron chi connectivity index (χ2n) is 6.17. The summed E-state index contributed by atoms with van der Waals surface area (Å²) in [5, 5.41) is 3.77. The average Bonchev–Trinajstić information content (AvgIpc) is 2.66. The van der Waals surface area contributed by atoms with Crippen molar-refractivity contribution in [3.05, 3.63) is 70.9 Å². The molecule has 0 aliphatic rings. The van der Waals surface area contributed by atoms with Gasteiger partial charge in [-0.3, -0.25) is 0 Å². The maximum Gasteiger partial charge on any atom is 0.229 e. The molecule has 1 aromatic heterocycles. The summed E-state index contributed by atoms with van der Waals surface area (Å²) in [4.78, 5) is 11.4. The average molecular weight is 383 g/mol. The van der Waals surface area contributed by atoms with E-state index in [1.54, 1.807) is 13.2 Å². The topological polar surface area (TPSA) is 50.3 Å². The van der Waals surface area contributed by atoms with Gasteiger partial charge in [-0.05, 0) is 37.6 Å². The van der Waals surface area contributed by atoms with Gasteiger partial charge in [0.15, 0.2) is 0 Å². The van der Waals surface area contributed by atoms with Gasteiger partial charge >= 0.3 is 0 Å². The number of benzene rings is 2. The minimum absolute atomic E-state index is 0.537. The predicted molar refractivity (Wildman–Crippen MR) is 111 cm³/mol. The molecule has 0 bridgehead atoms. The third-order valence-corrected chi connectivity index (χ3v) is 4.47. The van der Waals surface area contributed by atoms with Gasteiger partial charge in [-0.15, -0.1) is 0 Å². The van der Waals surface area contributed by atoms with E-state index in [0.29, 0.717) is 16.7 Å². The minimum Gasteiger partial charge on any atom is -0.495 e. The number of nitrogens with one attached hydrogen (secondary N) is 1. The molecule has 0 saturated carbocycles. The van der Waals surface area contributed by atoms with Crippen LogP contribution in [0.5, 0.6) is 5.75 Å². The lowest BCUT2D eigenvalue weighted by Crippen LogP contribution is -2.23. The van der Waals surface area contributed by atoms with Gasteiger partial charge in [-0.1, -0.05) is 41.9 Å². The monoisotopic (exact) mass is 382 g/mol. The van der Waals surface area contributed by atoms with Gasteiger partial charge in [0.1, 0.15) is 11.6 Å². The van der Waals surface area contributed by atoms with Crippen LogP contribution in [0.25, 0.3) is 0 Å². The van der Waals surface area contributed by atoms with Crippen molar-refractivity contribution in [2.24, 2.45) is 0 Å². The van der Waals surface area contributed by atoms with Gasteiger partial charge in [-0.25, -0.2) is 4.98 Å². The molecule has 0 atom stereocenters.